The van der Waals surface area contributed by atoms with E-state index >= 15 is 4.39 Å². The van der Waals surface area contributed by atoms with Crippen molar-refractivity contribution in [3.63, 3.8) is 0 Å². The molecule has 2 saturated heterocycles. The van der Waals surface area contributed by atoms with E-state index in [0.29, 0.717) is 12.5 Å². The molecule has 2 rings (SSSR count). The van der Waals surface area contributed by atoms with Crippen LogP contribution >= 0.6 is 0 Å². The first-order valence-electron chi connectivity index (χ1n) is 9.54. The van der Waals surface area contributed by atoms with Crippen LogP contribution in [0.4, 0.5) is 4.39 Å². The van der Waals surface area contributed by atoms with Gasteiger partial charge in [-0.2, -0.15) is 0 Å². The molecular formula is C19H36BFN2O2. The van der Waals surface area contributed by atoms with Gasteiger partial charge in [-0.3, -0.25) is 4.90 Å². The maximum Gasteiger partial charge on any atom is 0.525 e. The maximum atomic E-state index is 15.4. The highest BCUT2D eigenvalue weighted by Crippen LogP contribution is 2.41. The molecule has 25 heavy (non-hydrogen) atoms. The first-order valence-corrected chi connectivity index (χ1v) is 9.54. The second kappa shape index (κ2) is 7.30. The fourth-order valence-corrected chi connectivity index (χ4v) is 3.36. The van der Waals surface area contributed by atoms with Crippen LogP contribution in [0.3, 0.4) is 0 Å². The Labute approximate surface area is 153 Å². The van der Waals surface area contributed by atoms with Crippen LogP contribution in [0.2, 0.25) is 0 Å². The highest BCUT2D eigenvalue weighted by Gasteiger charge is 2.54. The summed E-state index contributed by atoms with van der Waals surface area (Å²) < 4.78 is 27.3. The molecule has 4 nitrogen and oxygen atoms in total. The predicted molar refractivity (Wildman–Crippen MR) is 102 cm³/mol. The van der Waals surface area contributed by atoms with Gasteiger partial charge < -0.3 is 15.0 Å². The quantitative estimate of drug-likeness (QED) is 0.785. The van der Waals surface area contributed by atoms with Gasteiger partial charge in [0.25, 0.3) is 0 Å². The van der Waals surface area contributed by atoms with Crippen molar-refractivity contribution < 1.29 is 13.7 Å². The molecule has 0 amide bonds. The Kier molecular flexibility index (Phi) is 6.10. The summed E-state index contributed by atoms with van der Waals surface area (Å²) >= 11 is 0. The molecule has 2 aliphatic heterocycles. The van der Waals surface area contributed by atoms with E-state index in [1.165, 1.54) is 0 Å². The average molecular weight is 354 g/mol. The fourth-order valence-electron chi connectivity index (χ4n) is 3.36. The zero-order valence-electron chi connectivity index (χ0n) is 17.1. The SMILES string of the molecule is CC(C)(C)C(CN1CCC(CN)CC1)=C(F)B1OC(C)(C)C(C)(C)O1. The Bertz CT molecular complexity index is 490. The summed E-state index contributed by atoms with van der Waals surface area (Å²) in [6.45, 7) is 17.3. The summed E-state index contributed by atoms with van der Waals surface area (Å²) in [7, 11) is -0.916. The van der Waals surface area contributed by atoms with Gasteiger partial charge in [0.15, 0.2) is 0 Å². The van der Waals surface area contributed by atoms with Gasteiger partial charge in [-0.25, -0.2) is 4.39 Å². The minimum atomic E-state index is -0.916. The van der Waals surface area contributed by atoms with Crippen molar-refractivity contribution in [3.05, 3.63) is 11.3 Å². The van der Waals surface area contributed by atoms with E-state index in [9.17, 15) is 0 Å². The molecule has 0 aromatic carbocycles. The van der Waals surface area contributed by atoms with Crippen LogP contribution in [0.15, 0.2) is 11.3 Å². The zero-order chi connectivity index (χ0) is 19.0. The molecule has 0 atom stereocenters. The second-order valence-electron chi connectivity index (χ2n) is 9.62. The normalized spacial score (nSPS) is 26.0. The van der Waals surface area contributed by atoms with E-state index < -0.39 is 18.3 Å². The molecule has 0 aliphatic carbocycles. The molecule has 0 aromatic heterocycles. The van der Waals surface area contributed by atoms with Crippen LogP contribution in [0.25, 0.3) is 0 Å². The van der Waals surface area contributed by atoms with Crippen molar-refractivity contribution in [1.82, 2.24) is 4.90 Å². The molecule has 0 spiro atoms. The molecule has 2 fully saturated rings. The number of hydrogen-bond acceptors (Lipinski definition) is 4. The first kappa shape index (κ1) is 20.9. The Morgan fingerprint density at radius 1 is 1.12 bits per heavy atom. The van der Waals surface area contributed by atoms with Gasteiger partial charge >= 0.3 is 7.12 Å². The van der Waals surface area contributed by atoms with E-state index in [2.05, 4.69) is 25.7 Å². The largest absolute Gasteiger partial charge is 0.525 e. The number of hydrogen-bond donors (Lipinski definition) is 1. The monoisotopic (exact) mass is 354 g/mol. The summed E-state index contributed by atoms with van der Waals surface area (Å²) in [4.78, 5) is 2.33. The molecule has 6 heteroatoms. The van der Waals surface area contributed by atoms with Crippen molar-refractivity contribution in [2.24, 2.45) is 17.1 Å². The lowest BCUT2D eigenvalue weighted by molar-refractivity contribution is 0.00578. The zero-order valence-corrected chi connectivity index (χ0v) is 17.1. The average Bonchev–Trinajstić information content (AvgIpc) is 2.72. The predicted octanol–water partition coefficient (Wildman–Crippen LogP) is 3.56. The number of piperidine rings is 1. The molecule has 2 aliphatic rings. The minimum Gasteiger partial charge on any atom is -0.398 e. The fraction of sp³-hybridized carbons (Fsp3) is 0.895. The van der Waals surface area contributed by atoms with Crippen LogP contribution in [-0.4, -0.2) is 49.4 Å². The number of halogens is 1. The smallest absolute Gasteiger partial charge is 0.398 e. The molecule has 0 aromatic rings. The molecule has 0 bridgehead atoms. The van der Waals surface area contributed by atoms with Crippen molar-refractivity contribution in [2.75, 3.05) is 26.2 Å². The van der Waals surface area contributed by atoms with Gasteiger partial charge in [-0.15, -0.1) is 0 Å². The molecule has 2 N–H and O–H groups in total. The van der Waals surface area contributed by atoms with Crippen LogP contribution in [0.5, 0.6) is 0 Å². The molecule has 0 unspecified atom stereocenters. The molecular weight excluding hydrogens is 318 g/mol. The molecule has 2 heterocycles. The standard InChI is InChI=1S/C19H36BFN2O2/c1-17(2,3)15(13-23-10-8-14(12-22)9-11-23)16(21)20-24-18(4,5)19(6,7)25-20/h14H,8-13,22H2,1-7H3. The Balaban J connectivity index is 2.18. The van der Waals surface area contributed by atoms with Gasteiger partial charge in [-0.1, -0.05) is 20.8 Å². The lowest BCUT2D eigenvalue weighted by Gasteiger charge is -2.35. The Hall–Kier alpha value is -0.425. The lowest BCUT2D eigenvalue weighted by atomic mass is 9.75. The third kappa shape index (κ3) is 4.65. The van der Waals surface area contributed by atoms with Crippen molar-refractivity contribution in [3.8, 4) is 0 Å². The van der Waals surface area contributed by atoms with E-state index in [-0.39, 0.29) is 11.1 Å². The topological polar surface area (TPSA) is 47.7 Å². The number of nitrogens with zero attached hydrogens (tertiary/aromatic N) is 1. The van der Waals surface area contributed by atoms with E-state index in [1.807, 2.05) is 27.7 Å². The van der Waals surface area contributed by atoms with Crippen molar-refractivity contribution >= 4 is 7.12 Å². The van der Waals surface area contributed by atoms with E-state index in [1.54, 1.807) is 0 Å². The Morgan fingerprint density at radius 2 is 1.60 bits per heavy atom. The van der Waals surface area contributed by atoms with Gasteiger partial charge in [0.2, 0.25) is 0 Å². The summed E-state index contributed by atoms with van der Waals surface area (Å²) in [5.41, 5.74) is 4.96. The summed E-state index contributed by atoms with van der Waals surface area (Å²) in [5, 5.41) is 0. The first-order chi connectivity index (χ1) is 11.4. The van der Waals surface area contributed by atoms with Gasteiger partial charge in [0.05, 0.1) is 11.2 Å². The van der Waals surface area contributed by atoms with Crippen molar-refractivity contribution in [1.29, 1.82) is 0 Å². The summed E-state index contributed by atoms with van der Waals surface area (Å²) in [6, 6.07) is 0. The van der Waals surface area contributed by atoms with Gasteiger partial charge in [0, 0.05) is 6.54 Å². The summed E-state index contributed by atoms with van der Waals surface area (Å²) in [5.74, 6) is 0.603. The molecule has 0 saturated carbocycles. The molecule has 0 radical (unpaired) electrons. The lowest BCUT2D eigenvalue weighted by Crippen LogP contribution is -2.41. The van der Waals surface area contributed by atoms with E-state index in [0.717, 1.165) is 38.0 Å². The van der Waals surface area contributed by atoms with Crippen LogP contribution in [0.1, 0.15) is 61.3 Å². The number of likely N-dealkylation sites (tertiary alicyclic amines) is 1. The summed E-state index contributed by atoms with van der Waals surface area (Å²) in [6.07, 6.45) is 2.18. The van der Waals surface area contributed by atoms with Crippen LogP contribution in [-0.2, 0) is 9.31 Å². The third-order valence-electron chi connectivity index (χ3n) is 6.08. The van der Waals surface area contributed by atoms with Gasteiger partial charge in [-0.05, 0) is 77.1 Å². The molecule has 144 valence electrons. The van der Waals surface area contributed by atoms with Crippen LogP contribution in [0, 0.1) is 11.3 Å². The van der Waals surface area contributed by atoms with E-state index in [4.69, 9.17) is 15.0 Å². The number of nitrogens with two attached hydrogens (primary N) is 1. The highest BCUT2D eigenvalue weighted by molar-refractivity contribution is 6.53. The second-order valence-corrected chi connectivity index (χ2v) is 9.62. The minimum absolute atomic E-state index is 0.257. The van der Waals surface area contributed by atoms with Crippen molar-refractivity contribution in [2.45, 2.75) is 72.5 Å². The maximum absolute atomic E-state index is 15.4. The number of rotatable bonds is 4. The third-order valence-corrected chi connectivity index (χ3v) is 6.08. The van der Waals surface area contributed by atoms with Gasteiger partial charge in [0.1, 0.15) is 5.73 Å². The van der Waals surface area contributed by atoms with Crippen LogP contribution < -0.4 is 5.73 Å². The highest BCUT2D eigenvalue weighted by atomic mass is 19.1. The Morgan fingerprint density at radius 3 is 2.00 bits per heavy atom.